The number of alkyl halides is 2. The Morgan fingerprint density at radius 2 is 2.00 bits per heavy atom. The van der Waals surface area contributed by atoms with Crippen molar-refractivity contribution in [3.8, 4) is 0 Å². The lowest BCUT2D eigenvalue weighted by molar-refractivity contribution is -0.275. The van der Waals surface area contributed by atoms with Crippen LogP contribution in [0.4, 0.5) is 23.8 Å². The van der Waals surface area contributed by atoms with Crippen LogP contribution in [0.2, 0.25) is 0 Å². The number of carboxylic acid groups (broad SMARTS) is 1. The molecule has 0 aromatic carbocycles. The molecule has 2 aliphatic rings. The average Bonchev–Trinajstić information content (AvgIpc) is 2.60. The third-order valence-electron chi connectivity index (χ3n) is 4.63. The molecule has 25 heavy (non-hydrogen) atoms. The molecule has 0 saturated heterocycles. The molecule has 1 aromatic heterocycles. The monoisotopic (exact) mass is 356 g/mol. The first kappa shape index (κ1) is 17.5. The summed E-state index contributed by atoms with van der Waals surface area (Å²) < 4.78 is 41.5. The zero-order chi connectivity index (χ0) is 18.7. The van der Waals surface area contributed by atoms with Gasteiger partial charge >= 0.3 is 11.8 Å². The molecule has 0 atom stereocenters. The highest BCUT2D eigenvalue weighted by Gasteiger charge is 2.58. The van der Waals surface area contributed by atoms with E-state index in [9.17, 15) is 27.9 Å². The number of pyridine rings is 1. The molecule has 1 aromatic rings. The maximum atomic E-state index is 14.1. The van der Waals surface area contributed by atoms with Gasteiger partial charge in [-0.15, -0.1) is 0 Å². The highest BCUT2D eigenvalue weighted by molar-refractivity contribution is 6.05. The fourth-order valence-corrected chi connectivity index (χ4v) is 3.51. The van der Waals surface area contributed by atoms with Crippen LogP contribution in [0.15, 0.2) is 12.3 Å². The van der Waals surface area contributed by atoms with Gasteiger partial charge in [0.05, 0.1) is 11.8 Å². The summed E-state index contributed by atoms with van der Waals surface area (Å²) in [5, 5.41) is 11.4. The van der Waals surface area contributed by atoms with Crippen LogP contribution in [0.3, 0.4) is 0 Å². The largest absolute Gasteiger partial charge is 0.530 e. The van der Waals surface area contributed by atoms with Gasteiger partial charge in [0.25, 0.3) is 0 Å². The summed E-state index contributed by atoms with van der Waals surface area (Å²) >= 11 is 0. The predicted molar refractivity (Wildman–Crippen MR) is 79.4 cm³/mol. The Kier molecular flexibility index (Phi) is 3.74. The molecule has 2 amide bonds. The third-order valence-corrected chi connectivity index (χ3v) is 4.63. The van der Waals surface area contributed by atoms with Gasteiger partial charge in [-0.3, -0.25) is 9.69 Å². The molecule has 1 aliphatic carbocycles. The first-order valence-electron chi connectivity index (χ1n) is 7.82. The minimum Gasteiger partial charge on any atom is -0.530 e. The van der Waals surface area contributed by atoms with Crippen LogP contribution in [0.1, 0.15) is 39.2 Å². The second kappa shape index (κ2) is 5.34. The van der Waals surface area contributed by atoms with Gasteiger partial charge in [-0.2, -0.15) is 8.78 Å². The van der Waals surface area contributed by atoms with Gasteiger partial charge in [0.15, 0.2) is 0 Å². The second-order valence-corrected chi connectivity index (χ2v) is 7.36. The van der Waals surface area contributed by atoms with E-state index < -0.39 is 46.9 Å². The van der Waals surface area contributed by atoms with Crippen LogP contribution in [0.5, 0.6) is 0 Å². The molecular weight excluding hydrogens is 339 g/mol. The molecule has 6 nitrogen and oxygen atoms in total. The summed E-state index contributed by atoms with van der Waals surface area (Å²) in [6.07, 6.45) is -0.203. The number of nitrogens with zero attached hydrogens (tertiary/aromatic N) is 3. The van der Waals surface area contributed by atoms with Crippen molar-refractivity contribution in [3.05, 3.63) is 23.6 Å². The maximum absolute atomic E-state index is 14.1. The number of hydrogen-bond acceptors (Lipinski definition) is 4. The van der Waals surface area contributed by atoms with E-state index in [2.05, 4.69) is 4.98 Å². The molecule has 136 valence electrons. The Bertz CT molecular complexity index is 742. The lowest BCUT2D eigenvalue weighted by Gasteiger charge is -2.52. The number of amides is 2. The lowest BCUT2D eigenvalue weighted by Crippen LogP contribution is -2.64. The Balaban J connectivity index is 1.84. The highest BCUT2D eigenvalue weighted by atomic mass is 19.3. The number of fused-ring (bicyclic) bond motifs is 1. The zero-order valence-electron chi connectivity index (χ0n) is 13.9. The van der Waals surface area contributed by atoms with Gasteiger partial charge in [-0.05, 0) is 39.7 Å². The molecule has 1 fully saturated rings. The SMILES string of the molecule is CC(C)(C)N(C(=O)[O-])C1CC(N2C(=O)C(F)(F)c3cc(F)cnc32)C1. The fourth-order valence-electron chi connectivity index (χ4n) is 3.51. The van der Waals surface area contributed by atoms with E-state index in [1.165, 1.54) is 0 Å². The number of halogens is 3. The predicted octanol–water partition coefficient (Wildman–Crippen LogP) is 1.63. The first-order chi connectivity index (χ1) is 11.4. The van der Waals surface area contributed by atoms with E-state index >= 15 is 0 Å². The Morgan fingerprint density at radius 1 is 1.40 bits per heavy atom. The number of aromatic nitrogens is 1. The number of carbonyl (C=O) groups excluding carboxylic acids is 2. The molecule has 9 heteroatoms. The van der Waals surface area contributed by atoms with E-state index in [0.29, 0.717) is 6.07 Å². The minimum absolute atomic E-state index is 0.186. The average molecular weight is 356 g/mol. The molecule has 0 bridgehead atoms. The van der Waals surface area contributed by atoms with Crippen molar-refractivity contribution >= 4 is 17.8 Å². The number of hydrogen-bond donors (Lipinski definition) is 0. The highest BCUT2D eigenvalue weighted by Crippen LogP contribution is 2.47. The van der Waals surface area contributed by atoms with Crippen LogP contribution in [0, 0.1) is 5.82 Å². The Hall–Kier alpha value is -2.32. The second-order valence-electron chi connectivity index (χ2n) is 7.36. The van der Waals surface area contributed by atoms with Crippen molar-refractivity contribution in [2.24, 2.45) is 0 Å². The molecule has 0 N–H and O–H groups in total. The van der Waals surface area contributed by atoms with E-state index in [-0.39, 0.29) is 18.7 Å². The normalized spacial score (nSPS) is 24.7. The van der Waals surface area contributed by atoms with Gasteiger partial charge in [-0.25, -0.2) is 9.37 Å². The van der Waals surface area contributed by atoms with E-state index in [1.807, 2.05) is 0 Å². The minimum atomic E-state index is -3.84. The quantitative estimate of drug-likeness (QED) is 0.807. The molecule has 1 aliphatic heterocycles. The van der Waals surface area contributed by atoms with E-state index in [0.717, 1.165) is 16.0 Å². The molecule has 2 heterocycles. The topological polar surface area (TPSA) is 76.6 Å². The molecular formula is C16H17F3N3O3-. The van der Waals surface area contributed by atoms with Crippen molar-refractivity contribution in [2.45, 2.75) is 57.2 Å². The summed E-state index contributed by atoms with van der Waals surface area (Å²) in [7, 11) is 0. The van der Waals surface area contributed by atoms with Gasteiger partial charge in [-0.1, -0.05) is 0 Å². The molecule has 0 unspecified atom stereocenters. The summed E-state index contributed by atoms with van der Waals surface area (Å²) in [6.45, 7) is 5.10. The summed E-state index contributed by atoms with van der Waals surface area (Å²) in [6, 6.07) is -0.452. The third kappa shape index (κ3) is 2.61. The lowest BCUT2D eigenvalue weighted by atomic mass is 9.82. The standard InChI is InChI=1S/C16H18F3N3O3/c1-15(2,3)22(14(24)25)10-5-9(6-10)21-12-11(4-8(17)7-20-12)16(18,19)13(21)23/h4,7,9-10H,5-6H2,1-3H3,(H,24,25)/p-1. The molecule has 0 spiro atoms. The van der Waals surface area contributed by atoms with E-state index in [4.69, 9.17) is 0 Å². The van der Waals surface area contributed by atoms with Crippen molar-refractivity contribution < 1.29 is 27.9 Å². The Labute approximate surface area is 142 Å². The fraction of sp³-hybridized carbons (Fsp3) is 0.562. The van der Waals surface area contributed by atoms with Crippen LogP contribution in [-0.2, 0) is 10.7 Å². The maximum Gasteiger partial charge on any atom is 0.354 e. The van der Waals surface area contributed by atoms with Crippen LogP contribution < -0.4 is 10.0 Å². The number of anilines is 1. The molecule has 0 radical (unpaired) electrons. The summed E-state index contributed by atoms with van der Waals surface area (Å²) in [5.41, 5.74) is -1.47. The van der Waals surface area contributed by atoms with Crippen molar-refractivity contribution in [2.75, 3.05) is 4.90 Å². The van der Waals surface area contributed by atoms with Gasteiger partial charge in [0.1, 0.15) is 17.7 Å². The van der Waals surface area contributed by atoms with Crippen LogP contribution in [0.25, 0.3) is 0 Å². The number of carbonyl (C=O) groups is 2. The Morgan fingerprint density at radius 3 is 2.52 bits per heavy atom. The van der Waals surface area contributed by atoms with Crippen molar-refractivity contribution in [3.63, 3.8) is 0 Å². The summed E-state index contributed by atoms with van der Waals surface area (Å²) in [4.78, 5) is 29.1. The van der Waals surface area contributed by atoms with Gasteiger partial charge in [0.2, 0.25) is 0 Å². The number of rotatable bonds is 2. The van der Waals surface area contributed by atoms with Gasteiger partial charge < -0.3 is 14.8 Å². The van der Waals surface area contributed by atoms with Crippen molar-refractivity contribution in [1.82, 2.24) is 9.88 Å². The van der Waals surface area contributed by atoms with E-state index in [1.54, 1.807) is 20.8 Å². The van der Waals surface area contributed by atoms with Gasteiger partial charge in [0, 0.05) is 17.6 Å². The zero-order valence-corrected chi connectivity index (χ0v) is 13.9. The van der Waals surface area contributed by atoms with Crippen LogP contribution >= 0.6 is 0 Å². The van der Waals surface area contributed by atoms with Crippen LogP contribution in [-0.4, -0.2) is 39.5 Å². The van der Waals surface area contributed by atoms with Crippen molar-refractivity contribution in [1.29, 1.82) is 0 Å². The smallest absolute Gasteiger partial charge is 0.354 e. The summed E-state index contributed by atoms with van der Waals surface area (Å²) in [5.74, 6) is -6.51. The first-order valence-corrected chi connectivity index (χ1v) is 7.82. The molecule has 1 saturated carbocycles. The molecule has 3 rings (SSSR count).